The molecule has 0 fully saturated rings. The van der Waals surface area contributed by atoms with Gasteiger partial charge in [-0.25, -0.2) is 4.39 Å². The van der Waals surface area contributed by atoms with Crippen LogP contribution in [0.25, 0.3) is 0 Å². The third-order valence-corrected chi connectivity index (χ3v) is 3.37. The van der Waals surface area contributed by atoms with Crippen LogP contribution in [0.2, 0.25) is 0 Å². The Morgan fingerprint density at radius 3 is 2.70 bits per heavy atom. The minimum Gasteiger partial charge on any atom is -0.493 e. The Balaban J connectivity index is 1.79. The van der Waals surface area contributed by atoms with Crippen molar-refractivity contribution in [3.05, 3.63) is 65.5 Å². The molecule has 2 aromatic rings. The molecule has 1 aliphatic heterocycles. The fraction of sp³-hybridized carbons (Fsp3) is 0.188. The van der Waals surface area contributed by atoms with Gasteiger partial charge in [-0.05, 0) is 30.3 Å². The molecular weight excluding hydrogens is 257 g/mol. The van der Waals surface area contributed by atoms with Crippen molar-refractivity contribution in [2.45, 2.75) is 12.5 Å². The maximum absolute atomic E-state index is 12.9. The maximum atomic E-state index is 12.9. The van der Waals surface area contributed by atoms with Gasteiger partial charge in [0.05, 0.1) is 12.6 Å². The third kappa shape index (κ3) is 2.50. The van der Waals surface area contributed by atoms with Gasteiger partial charge in [-0.15, -0.1) is 0 Å². The summed E-state index contributed by atoms with van der Waals surface area (Å²) < 4.78 is 18.4. The molecule has 0 unspecified atom stereocenters. The minimum absolute atomic E-state index is 0.0718. The monoisotopic (exact) mass is 271 g/mol. The number of carbonyl (C=O) groups is 1. The number of halogens is 1. The quantitative estimate of drug-likeness (QED) is 0.911. The van der Waals surface area contributed by atoms with Crippen LogP contribution in [-0.4, -0.2) is 12.5 Å². The van der Waals surface area contributed by atoms with Gasteiger partial charge in [0.1, 0.15) is 11.6 Å². The lowest BCUT2D eigenvalue weighted by Crippen LogP contribution is -2.32. The zero-order valence-electron chi connectivity index (χ0n) is 10.8. The Bertz CT molecular complexity index is 625. The molecule has 4 heteroatoms. The van der Waals surface area contributed by atoms with Gasteiger partial charge >= 0.3 is 0 Å². The Kier molecular flexibility index (Phi) is 3.37. The summed E-state index contributed by atoms with van der Waals surface area (Å²) in [7, 11) is 0. The second-order valence-electron chi connectivity index (χ2n) is 4.71. The fourth-order valence-electron chi connectivity index (χ4n) is 2.33. The topological polar surface area (TPSA) is 38.3 Å². The summed E-state index contributed by atoms with van der Waals surface area (Å²) in [4.78, 5) is 12.2. The Morgan fingerprint density at radius 1 is 1.15 bits per heavy atom. The standard InChI is InChI=1S/C16H14FNO2/c17-12-7-5-11(6-8-12)16(19)18-14-9-10-20-15-4-2-1-3-13(14)15/h1-8,14H,9-10H2,(H,18,19)/t14-/m1/s1. The van der Waals surface area contributed by atoms with E-state index in [-0.39, 0.29) is 17.8 Å². The van der Waals surface area contributed by atoms with Crippen molar-refractivity contribution in [2.75, 3.05) is 6.61 Å². The summed E-state index contributed by atoms with van der Waals surface area (Å²) in [6.07, 6.45) is 0.726. The molecule has 0 bridgehead atoms. The second-order valence-corrected chi connectivity index (χ2v) is 4.71. The molecule has 102 valence electrons. The number of fused-ring (bicyclic) bond motifs is 1. The SMILES string of the molecule is O=C(N[C@@H]1CCOc2ccccc21)c1ccc(F)cc1. The van der Waals surface area contributed by atoms with Crippen molar-refractivity contribution in [1.82, 2.24) is 5.32 Å². The first kappa shape index (κ1) is 12.7. The van der Waals surface area contributed by atoms with Crippen molar-refractivity contribution in [1.29, 1.82) is 0 Å². The van der Waals surface area contributed by atoms with Crippen LogP contribution in [0.3, 0.4) is 0 Å². The number of rotatable bonds is 2. The van der Waals surface area contributed by atoms with E-state index in [1.54, 1.807) is 0 Å². The molecule has 1 amide bonds. The summed E-state index contributed by atoms with van der Waals surface area (Å²) >= 11 is 0. The highest BCUT2D eigenvalue weighted by Gasteiger charge is 2.22. The fourth-order valence-corrected chi connectivity index (χ4v) is 2.33. The minimum atomic E-state index is -0.349. The number of hydrogen-bond acceptors (Lipinski definition) is 2. The van der Waals surface area contributed by atoms with Gasteiger partial charge in [0, 0.05) is 17.5 Å². The van der Waals surface area contributed by atoms with E-state index in [2.05, 4.69) is 5.32 Å². The molecular formula is C16H14FNO2. The normalized spacial score (nSPS) is 16.9. The van der Waals surface area contributed by atoms with Crippen molar-refractivity contribution in [3.8, 4) is 5.75 Å². The van der Waals surface area contributed by atoms with Crippen molar-refractivity contribution in [2.24, 2.45) is 0 Å². The average molecular weight is 271 g/mol. The average Bonchev–Trinajstić information content (AvgIpc) is 2.48. The zero-order valence-corrected chi connectivity index (χ0v) is 10.8. The molecule has 0 saturated carbocycles. The van der Waals surface area contributed by atoms with Crippen molar-refractivity contribution in [3.63, 3.8) is 0 Å². The van der Waals surface area contributed by atoms with Gasteiger partial charge in [0.25, 0.3) is 5.91 Å². The molecule has 0 aliphatic carbocycles. The van der Waals surface area contributed by atoms with Crippen LogP contribution in [0.4, 0.5) is 4.39 Å². The van der Waals surface area contributed by atoms with Gasteiger partial charge in [0.2, 0.25) is 0 Å². The number of amides is 1. The van der Waals surface area contributed by atoms with Crippen molar-refractivity contribution >= 4 is 5.91 Å². The zero-order chi connectivity index (χ0) is 13.9. The van der Waals surface area contributed by atoms with Crippen LogP contribution in [0, 0.1) is 5.82 Å². The lowest BCUT2D eigenvalue weighted by Gasteiger charge is -2.26. The molecule has 1 heterocycles. The first-order valence-corrected chi connectivity index (χ1v) is 6.52. The van der Waals surface area contributed by atoms with Crippen LogP contribution in [0.5, 0.6) is 5.75 Å². The summed E-state index contributed by atoms with van der Waals surface area (Å²) in [6.45, 7) is 0.575. The number of hydrogen-bond donors (Lipinski definition) is 1. The molecule has 1 atom stereocenters. The Hall–Kier alpha value is -2.36. The van der Waals surface area contributed by atoms with Crippen LogP contribution in [0.15, 0.2) is 48.5 Å². The van der Waals surface area contributed by atoms with Gasteiger partial charge in [0.15, 0.2) is 0 Å². The number of carbonyl (C=O) groups excluding carboxylic acids is 1. The van der Waals surface area contributed by atoms with E-state index in [9.17, 15) is 9.18 Å². The highest BCUT2D eigenvalue weighted by atomic mass is 19.1. The smallest absolute Gasteiger partial charge is 0.251 e. The van der Waals surface area contributed by atoms with Gasteiger partial charge in [-0.3, -0.25) is 4.79 Å². The maximum Gasteiger partial charge on any atom is 0.251 e. The van der Waals surface area contributed by atoms with Crippen molar-refractivity contribution < 1.29 is 13.9 Å². The predicted molar refractivity (Wildman–Crippen MR) is 73.2 cm³/mol. The molecule has 0 radical (unpaired) electrons. The Labute approximate surface area is 116 Å². The number of para-hydroxylation sites is 1. The summed E-state index contributed by atoms with van der Waals surface area (Å²) in [6, 6.07) is 13.1. The molecule has 0 spiro atoms. The molecule has 2 aromatic carbocycles. The summed E-state index contributed by atoms with van der Waals surface area (Å²) in [5.41, 5.74) is 1.43. The van der Waals surface area contributed by atoms with Crippen LogP contribution in [0.1, 0.15) is 28.4 Å². The van der Waals surface area contributed by atoms with E-state index in [1.807, 2.05) is 24.3 Å². The summed E-state index contributed by atoms with van der Waals surface area (Å²) in [5, 5.41) is 2.97. The van der Waals surface area contributed by atoms with E-state index in [0.717, 1.165) is 17.7 Å². The van der Waals surface area contributed by atoms with E-state index in [4.69, 9.17) is 4.74 Å². The molecule has 0 saturated heterocycles. The molecule has 1 N–H and O–H groups in total. The highest BCUT2D eigenvalue weighted by molar-refractivity contribution is 5.94. The lowest BCUT2D eigenvalue weighted by atomic mass is 10.00. The van der Waals surface area contributed by atoms with Crippen LogP contribution < -0.4 is 10.1 Å². The van der Waals surface area contributed by atoms with E-state index < -0.39 is 0 Å². The van der Waals surface area contributed by atoms with Crippen LogP contribution in [-0.2, 0) is 0 Å². The predicted octanol–water partition coefficient (Wildman–Crippen LogP) is 3.08. The number of nitrogens with one attached hydrogen (secondary N) is 1. The van der Waals surface area contributed by atoms with E-state index in [0.29, 0.717) is 12.2 Å². The molecule has 3 rings (SSSR count). The molecule has 0 aromatic heterocycles. The first-order chi connectivity index (χ1) is 9.74. The molecule has 3 nitrogen and oxygen atoms in total. The highest BCUT2D eigenvalue weighted by Crippen LogP contribution is 2.31. The first-order valence-electron chi connectivity index (χ1n) is 6.52. The Morgan fingerprint density at radius 2 is 1.90 bits per heavy atom. The third-order valence-electron chi connectivity index (χ3n) is 3.37. The largest absolute Gasteiger partial charge is 0.493 e. The molecule has 20 heavy (non-hydrogen) atoms. The van der Waals surface area contributed by atoms with Gasteiger partial charge in [-0.2, -0.15) is 0 Å². The molecule has 1 aliphatic rings. The van der Waals surface area contributed by atoms with E-state index in [1.165, 1.54) is 24.3 Å². The second kappa shape index (κ2) is 5.33. The number of ether oxygens (including phenoxy) is 1. The van der Waals surface area contributed by atoms with Crippen LogP contribution >= 0.6 is 0 Å². The lowest BCUT2D eigenvalue weighted by molar-refractivity contribution is 0.0925. The summed E-state index contributed by atoms with van der Waals surface area (Å²) in [5.74, 6) is 0.257. The van der Waals surface area contributed by atoms with Gasteiger partial charge < -0.3 is 10.1 Å². The number of benzene rings is 2. The van der Waals surface area contributed by atoms with Gasteiger partial charge in [-0.1, -0.05) is 18.2 Å². The van der Waals surface area contributed by atoms with E-state index >= 15 is 0 Å².